The summed E-state index contributed by atoms with van der Waals surface area (Å²) in [7, 11) is 0. The Morgan fingerprint density at radius 2 is 1.59 bits per heavy atom. The van der Waals surface area contributed by atoms with E-state index in [2.05, 4.69) is 4.90 Å². The monoisotopic (exact) mass is 403 g/mol. The lowest BCUT2D eigenvalue weighted by molar-refractivity contribution is -0.127. The van der Waals surface area contributed by atoms with Gasteiger partial charge in [0.2, 0.25) is 0 Å². The van der Waals surface area contributed by atoms with Gasteiger partial charge < -0.3 is 14.5 Å². The fourth-order valence-electron chi connectivity index (χ4n) is 3.73. The molecule has 2 aliphatic heterocycles. The van der Waals surface area contributed by atoms with Crippen LogP contribution in [0.25, 0.3) is 0 Å². The number of carbonyl (C=O) groups excluding carboxylic acids is 2. The molecule has 2 aliphatic rings. The minimum absolute atomic E-state index is 0.217. The molecule has 1 aromatic carbocycles. The summed E-state index contributed by atoms with van der Waals surface area (Å²) in [5.74, 6) is 0.303. The Kier molecular flexibility index (Phi) is 7.14. The van der Waals surface area contributed by atoms with Crippen LogP contribution >= 0.6 is 0 Å². The van der Waals surface area contributed by atoms with Crippen LogP contribution in [0.2, 0.25) is 0 Å². The molecule has 0 saturated carbocycles. The Hall–Kier alpha value is -2.12. The zero-order chi connectivity index (χ0) is 20.9. The fourth-order valence-corrected chi connectivity index (χ4v) is 3.73. The van der Waals surface area contributed by atoms with Crippen molar-refractivity contribution in [1.82, 2.24) is 14.9 Å². The van der Waals surface area contributed by atoms with Crippen LogP contribution in [0.1, 0.15) is 44.0 Å². The van der Waals surface area contributed by atoms with Crippen molar-refractivity contribution in [3.05, 3.63) is 35.9 Å². The minimum Gasteiger partial charge on any atom is -0.444 e. The first-order chi connectivity index (χ1) is 13.8. The summed E-state index contributed by atoms with van der Waals surface area (Å²) in [6.45, 7) is 11.4. The van der Waals surface area contributed by atoms with Gasteiger partial charge in [-0.05, 0) is 51.7 Å². The Morgan fingerprint density at radius 1 is 0.966 bits per heavy atom. The second kappa shape index (κ2) is 9.59. The van der Waals surface area contributed by atoms with Crippen LogP contribution in [0.3, 0.4) is 0 Å². The lowest BCUT2D eigenvalue weighted by Crippen LogP contribution is -2.51. The summed E-state index contributed by atoms with van der Waals surface area (Å²) >= 11 is 0. The number of piperazine rings is 1. The molecular weight excluding hydrogens is 370 g/mol. The van der Waals surface area contributed by atoms with Gasteiger partial charge in [-0.1, -0.05) is 18.2 Å². The normalized spacial score (nSPS) is 19.8. The van der Waals surface area contributed by atoms with Gasteiger partial charge in [0.05, 0.1) is 5.56 Å². The smallest absolute Gasteiger partial charge is 0.410 e. The van der Waals surface area contributed by atoms with E-state index in [1.807, 2.05) is 39.0 Å². The SMILES string of the molecule is CC(C)(C)OC(=O)N1CCN(CC2CCN(OC(=O)c3ccccc3)CC2)CC1. The maximum atomic E-state index is 12.2. The van der Waals surface area contributed by atoms with Crippen molar-refractivity contribution in [2.45, 2.75) is 39.2 Å². The molecule has 29 heavy (non-hydrogen) atoms. The number of amides is 1. The van der Waals surface area contributed by atoms with E-state index in [4.69, 9.17) is 9.57 Å². The second-order valence-corrected chi connectivity index (χ2v) is 8.89. The predicted molar refractivity (Wildman–Crippen MR) is 110 cm³/mol. The van der Waals surface area contributed by atoms with Gasteiger partial charge in [0.1, 0.15) is 5.60 Å². The molecule has 2 fully saturated rings. The number of nitrogens with zero attached hydrogens (tertiary/aromatic N) is 3. The van der Waals surface area contributed by atoms with Crippen LogP contribution in [0, 0.1) is 5.92 Å². The highest BCUT2D eigenvalue weighted by atomic mass is 16.7. The van der Waals surface area contributed by atoms with Crippen molar-refractivity contribution < 1.29 is 19.2 Å². The van der Waals surface area contributed by atoms with E-state index in [-0.39, 0.29) is 12.1 Å². The molecule has 2 saturated heterocycles. The highest BCUT2D eigenvalue weighted by Gasteiger charge is 2.28. The van der Waals surface area contributed by atoms with Crippen LogP contribution in [-0.4, -0.2) is 78.3 Å². The Morgan fingerprint density at radius 3 is 2.17 bits per heavy atom. The molecular formula is C22H33N3O4. The van der Waals surface area contributed by atoms with E-state index in [9.17, 15) is 9.59 Å². The zero-order valence-corrected chi connectivity index (χ0v) is 17.8. The van der Waals surface area contributed by atoms with Crippen molar-refractivity contribution in [2.24, 2.45) is 5.92 Å². The first kappa shape index (κ1) is 21.6. The van der Waals surface area contributed by atoms with Crippen LogP contribution in [0.5, 0.6) is 0 Å². The summed E-state index contributed by atoms with van der Waals surface area (Å²) < 4.78 is 5.46. The highest BCUT2D eigenvalue weighted by Crippen LogP contribution is 2.20. The van der Waals surface area contributed by atoms with Crippen LogP contribution in [-0.2, 0) is 9.57 Å². The predicted octanol–water partition coefficient (Wildman–Crippen LogP) is 3.02. The molecule has 7 heteroatoms. The van der Waals surface area contributed by atoms with Gasteiger partial charge in [-0.25, -0.2) is 9.59 Å². The molecule has 1 amide bonds. The van der Waals surface area contributed by atoms with Crippen molar-refractivity contribution in [3.8, 4) is 0 Å². The van der Waals surface area contributed by atoms with E-state index in [1.165, 1.54) is 0 Å². The Bertz CT molecular complexity index is 673. The van der Waals surface area contributed by atoms with Gasteiger partial charge in [0, 0.05) is 45.8 Å². The summed E-state index contributed by atoms with van der Waals surface area (Å²) in [5, 5.41) is 1.78. The van der Waals surface area contributed by atoms with Gasteiger partial charge in [-0.15, -0.1) is 5.06 Å². The van der Waals surface area contributed by atoms with E-state index in [0.717, 1.165) is 45.6 Å². The van der Waals surface area contributed by atoms with E-state index < -0.39 is 5.60 Å². The molecule has 0 spiro atoms. The summed E-state index contributed by atoms with van der Waals surface area (Å²) in [5.41, 5.74) is 0.129. The largest absolute Gasteiger partial charge is 0.444 e. The van der Waals surface area contributed by atoms with Crippen molar-refractivity contribution in [1.29, 1.82) is 0 Å². The van der Waals surface area contributed by atoms with Crippen molar-refractivity contribution >= 4 is 12.1 Å². The number of hydroxylamine groups is 2. The standard InChI is InChI=1S/C22H33N3O4/c1-22(2,3)28-21(27)24-15-13-23(14-16-24)17-18-9-11-25(12-10-18)29-20(26)19-7-5-4-6-8-19/h4-8,18H,9-17H2,1-3H3. The van der Waals surface area contributed by atoms with Gasteiger partial charge >= 0.3 is 12.1 Å². The molecule has 0 bridgehead atoms. The maximum absolute atomic E-state index is 12.2. The van der Waals surface area contributed by atoms with Crippen molar-refractivity contribution in [3.63, 3.8) is 0 Å². The fraction of sp³-hybridized carbons (Fsp3) is 0.636. The number of carbonyl (C=O) groups is 2. The third kappa shape index (κ3) is 6.72. The molecule has 1 aromatic rings. The average molecular weight is 404 g/mol. The summed E-state index contributed by atoms with van der Waals surface area (Å²) in [6, 6.07) is 9.10. The topological polar surface area (TPSA) is 62.3 Å². The number of hydrogen-bond donors (Lipinski definition) is 0. The van der Waals surface area contributed by atoms with E-state index in [1.54, 1.807) is 22.1 Å². The minimum atomic E-state index is -0.452. The second-order valence-electron chi connectivity index (χ2n) is 8.89. The molecule has 0 aromatic heterocycles. The summed E-state index contributed by atoms with van der Waals surface area (Å²) in [4.78, 5) is 34.1. The molecule has 7 nitrogen and oxygen atoms in total. The van der Waals surface area contributed by atoms with Gasteiger partial charge in [0.15, 0.2) is 0 Å². The molecule has 0 atom stereocenters. The third-order valence-electron chi connectivity index (χ3n) is 5.34. The molecule has 160 valence electrons. The van der Waals surface area contributed by atoms with Crippen LogP contribution < -0.4 is 0 Å². The zero-order valence-electron chi connectivity index (χ0n) is 17.8. The quantitative estimate of drug-likeness (QED) is 0.770. The third-order valence-corrected chi connectivity index (χ3v) is 5.34. The van der Waals surface area contributed by atoms with E-state index in [0.29, 0.717) is 24.6 Å². The number of ether oxygens (including phenoxy) is 1. The van der Waals surface area contributed by atoms with Crippen molar-refractivity contribution in [2.75, 3.05) is 45.8 Å². The first-order valence-electron chi connectivity index (χ1n) is 10.5. The lowest BCUT2D eigenvalue weighted by atomic mass is 9.97. The molecule has 0 N–H and O–H groups in total. The van der Waals surface area contributed by atoms with Crippen LogP contribution in [0.4, 0.5) is 4.79 Å². The number of piperidine rings is 1. The highest BCUT2D eigenvalue weighted by molar-refractivity contribution is 5.89. The van der Waals surface area contributed by atoms with Gasteiger partial charge in [0.25, 0.3) is 0 Å². The lowest BCUT2D eigenvalue weighted by Gasteiger charge is -2.38. The number of rotatable bonds is 4. The molecule has 2 heterocycles. The van der Waals surface area contributed by atoms with Gasteiger partial charge in [-0.2, -0.15) is 0 Å². The number of hydrogen-bond acceptors (Lipinski definition) is 6. The molecule has 3 rings (SSSR count). The maximum Gasteiger partial charge on any atom is 0.410 e. The van der Waals surface area contributed by atoms with Crippen LogP contribution in [0.15, 0.2) is 30.3 Å². The summed E-state index contributed by atoms with van der Waals surface area (Å²) in [6.07, 6.45) is 1.80. The van der Waals surface area contributed by atoms with E-state index >= 15 is 0 Å². The Labute approximate surface area is 173 Å². The molecule has 0 aliphatic carbocycles. The average Bonchev–Trinajstić information content (AvgIpc) is 2.69. The number of benzene rings is 1. The Balaban J connectivity index is 1.35. The first-order valence-corrected chi connectivity index (χ1v) is 10.5. The van der Waals surface area contributed by atoms with Gasteiger partial charge in [-0.3, -0.25) is 4.90 Å². The molecule has 0 radical (unpaired) electrons. The molecule has 0 unspecified atom stereocenters.